The second kappa shape index (κ2) is 6.49. The van der Waals surface area contributed by atoms with Crippen molar-refractivity contribution in [1.29, 1.82) is 0 Å². The standard InChI is InChI=1S/C12H14ClF2NO3S/c1-3-8(4-2)16-12(17)9-5-7(14)6-10(11(9)15)20(13,18)19/h5-6,8H,3-4H2,1-2H3,(H,16,17). The van der Waals surface area contributed by atoms with Gasteiger partial charge in [-0.1, -0.05) is 13.8 Å². The van der Waals surface area contributed by atoms with Crippen molar-refractivity contribution in [2.24, 2.45) is 0 Å². The van der Waals surface area contributed by atoms with Gasteiger partial charge in [-0.15, -0.1) is 0 Å². The molecule has 1 aromatic carbocycles. The first-order valence-electron chi connectivity index (χ1n) is 5.95. The van der Waals surface area contributed by atoms with Gasteiger partial charge in [0.15, 0.2) is 5.82 Å². The molecular formula is C12H14ClF2NO3S. The third-order valence-corrected chi connectivity index (χ3v) is 4.15. The van der Waals surface area contributed by atoms with E-state index in [-0.39, 0.29) is 6.04 Å². The minimum absolute atomic E-state index is 0.207. The number of hydrogen-bond acceptors (Lipinski definition) is 3. The number of nitrogens with one attached hydrogen (secondary N) is 1. The lowest BCUT2D eigenvalue weighted by Crippen LogP contribution is -2.34. The molecule has 0 aliphatic heterocycles. The zero-order chi connectivity index (χ0) is 15.5. The molecule has 0 aliphatic rings. The van der Waals surface area contributed by atoms with Crippen LogP contribution in [0.3, 0.4) is 0 Å². The van der Waals surface area contributed by atoms with E-state index in [2.05, 4.69) is 5.32 Å². The molecule has 1 rings (SSSR count). The Morgan fingerprint density at radius 2 is 1.85 bits per heavy atom. The maximum absolute atomic E-state index is 14.0. The van der Waals surface area contributed by atoms with E-state index in [1.165, 1.54) is 0 Å². The minimum Gasteiger partial charge on any atom is -0.349 e. The summed E-state index contributed by atoms with van der Waals surface area (Å²) >= 11 is 0. The van der Waals surface area contributed by atoms with E-state index in [0.29, 0.717) is 25.0 Å². The van der Waals surface area contributed by atoms with Crippen LogP contribution in [0.15, 0.2) is 17.0 Å². The third-order valence-electron chi connectivity index (χ3n) is 2.83. The largest absolute Gasteiger partial charge is 0.349 e. The Bertz CT molecular complexity index is 615. The number of amides is 1. The molecule has 0 bridgehead atoms. The van der Waals surface area contributed by atoms with Crippen LogP contribution >= 0.6 is 10.7 Å². The SMILES string of the molecule is CCC(CC)NC(=O)c1cc(F)cc(S(=O)(=O)Cl)c1F. The van der Waals surface area contributed by atoms with E-state index in [1.807, 2.05) is 13.8 Å². The fourth-order valence-electron chi connectivity index (χ4n) is 1.66. The van der Waals surface area contributed by atoms with Crippen LogP contribution < -0.4 is 5.32 Å². The predicted molar refractivity (Wildman–Crippen MR) is 71.2 cm³/mol. The summed E-state index contributed by atoms with van der Waals surface area (Å²) in [5.74, 6) is -3.29. The second-order valence-electron chi connectivity index (χ2n) is 4.19. The van der Waals surface area contributed by atoms with E-state index in [4.69, 9.17) is 10.7 Å². The number of hydrogen-bond donors (Lipinski definition) is 1. The summed E-state index contributed by atoms with van der Waals surface area (Å²) < 4.78 is 49.6. The highest BCUT2D eigenvalue weighted by molar-refractivity contribution is 8.13. The van der Waals surface area contributed by atoms with E-state index in [9.17, 15) is 22.0 Å². The summed E-state index contributed by atoms with van der Waals surface area (Å²) in [4.78, 5) is 10.8. The quantitative estimate of drug-likeness (QED) is 0.847. The van der Waals surface area contributed by atoms with Gasteiger partial charge in [0.05, 0.1) is 5.56 Å². The van der Waals surface area contributed by atoms with Crippen molar-refractivity contribution in [3.05, 3.63) is 29.3 Å². The molecule has 0 radical (unpaired) electrons. The molecule has 1 amide bonds. The Morgan fingerprint density at radius 3 is 2.30 bits per heavy atom. The smallest absolute Gasteiger partial charge is 0.264 e. The number of benzene rings is 1. The zero-order valence-corrected chi connectivity index (χ0v) is 12.5. The molecule has 112 valence electrons. The van der Waals surface area contributed by atoms with Crippen molar-refractivity contribution < 1.29 is 22.0 Å². The van der Waals surface area contributed by atoms with Crippen LogP contribution in [0.25, 0.3) is 0 Å². The van der Waals surface area contributed by atoms with E-state index in [1.54, 1.807) is 0 Å². The lowest BCUT2D eigenvalue weighted by molar-refractivity contribution is 0.0929. The van der Waals surface area contributed by atoms with Gasteiger partial charge in [0.25, 0.3) is 15.0 Å². The number of halogens is 3. The third kappa shape index (κ3) is 3.89. The molecule has 0 fully saturated rings. The van der Waals surface area contributed by atoms with Crippen molar-refractivity contribution >= 4 is 25.6 Å². The van der Waals surface area contributed by atoms with E-state index >= 15 is 0 Å². The Hall–Kier alpha value is -1.21. The van der Waals surface area contributed by atoms with Crippen molar-refractivity contribution in [3.8, 4) is 0 Å². The average molecular weight is 326 g/mol. The lowest BCUT2D eigenvalue weighted by Gasteiger charge is -2.15. The van der Waals surface area contributed by atoms with Gasteiger partial charge in [0.1, 0.15) is 10.7 Å². The van der Waals surface area contributed by atoms with Gasteiger partial charge in [-0.2, -0.15) is 0 Å². The molecule has 1 N–H and O–H groups in total. The number of carbonyl (C=O) groups is 1. The fraction of sp³-hybridized carbons (Fsp3) is 0.417. The Balaban J connectivity index is 3.26. The zero-order valence-electron chi connectivity index (χ0n) is 10.9. The van der Waals surface area contributed by atoms with Gasteiger partial charge < -0.3 is 5.32 Å². The van der Waals surface area contributed by atoms with Crippen LogP contribution in [0.4, 0.5) is 8.78 Å². The molecule has 0 heterocycles. The molecule has 0 aromatic heterocycles. The van der Waals surface area contributed by atoms with Crippen molar-refractivity contribution in [2.75, 3.05) is 0 Å². The van der Waals surface area contributed by atoms with Crippen LogP contribution in [0.5, 0.6) is 0 Å². The van der Waals surface area contributed by atoms with Crippen LogP contribution in [-0.2, 0) is 9.05 Å². The molecule has 20 heavy (non-hydrogen) atoms. The minimum atomic E-state index is -4.47. The summed E-state index contributed by atoms with van der Waals surface area (Å²) in [6.07, 6.45) is 1.22. The summed E-state index contributed by atoms with van der Waals surface area (Å²) in [5, 5.41) is 2.50. The molecule has 0 unspecified atom stereocenters. The monoisotopic (exact) mass is 325 g/mol. The molecule has 1 aromatic rings. The van der Waals surface area contributed by atoms with Crippen molar-refractivity contribution in [2.45, 2.75) is 37.6 Å². The topological polar surface area (TPSA) is 63.2 Å². The highest BCUT2D eigenvalue weighted by Gasteiger charge is 2.24. The van der Waals surface area contributed by atoms with Gasteiger partial charge in [-0.25, -0.2) is 17.2 Å². The molecule has 0 aliphatic carbocycles. The van der Waals surface area contributed by atoms with Gasteiger partial charge in [-0.3, -0.25) is 4.79 Å². The lowest BCUT2D eigenvalue weighted by atomic mass is 10.1. The highest BCUT2D eigenvalue weighted by Crippen LogP contribution is 2.23. The number of carbonyl (C=O) groups excluding carboxylic acids is 1. The molecule has 8 heteroatoms. The normalized spacial score (nSPS) is 11.7. The molecule has 4 nitrogen and oxygen atoms in total. The first kappa shape index (κ1) is 16.8. The van der Waals surface area contributed by atoms with Crippen LogP contribution in [-0.4, -0.2) is 20.4 Å². The predicted octanol–water partition coefficient (Wildman–Crippen LogP) is 2.81. The maximum atomic E-state index is 14.0. The van der Waals surface area contributed by atoms with Crippen LogP contribution in [0, 0.1) is 11.6 Å². The molecular weight excluding hydrogens is 312 g/mol. The summed E-state index contributed by atoms with van der Waals surface area (Å²) in [6.45, 7) is 3.65. The maximum Gasteiger partial charge on any atom is 0.264 e. The Morgan fingerprint density at radius 1 is 1.30 bits per heavy atom. The van der Waals surface area contributed by atoms with E-state index in [0.717, 1.165) is 0 Å². The van der Waals surface area contributed by atoms with Crippen molar-refractivity contribution in [1.82, 2.24) is 5.32 Å². The second-order valence-corrected chi connectivity index (χ2v) is 6.72. The van der Waals surface area contributed by atoms with Crippen LogP contribution in [0.1, 0.15) is 37.0 Å². The molecule has 0 saturated carbocycles. The van der Waals surface area contributed by atoms with Crippen molar-refractivity contribution in [3.63, 3.8) is 0 Å². The fourth-order valence-corrected chi connectivity index (χ4v) is 2.58. The average Bonchev–Trinajstić information content (AvgIpc) is 2.36. The molecule has 0 spiro atoms. The van der Waals surface area contributed by atoms with Gasteiger partial charge in [-0.05, 0) is 25.0 Å². The van der Waals surface area contributed by atoms with Gasteiger partial charge in [0, 0.05) is 16.7 Å². The summed E-state index contributed by atoms with van der Waals surface area (Å²) in [6, 6.07) is 0.866. The Kier molecular flexibility index (Phi) is 5.47. The Labute approximate surface area is 120 Å². The summed E-state index contributed by atoms with van der Waals surface area (Å²) in [7, 11) is 0.532. The summed E-state index contributed by atoms with van der Waals surface area (Å²) in [5.41, 5.74) is -0.684. The van der Waals surface area contributed by atoms with E-state index < -0.39 is 37.1 Å². The number of rotatable bonds is 5. The first-order chi connectivity index (χ1) is 9.20. The molecule has 0 atom stereocenters. The molecule has 0 saturated heterocycles. The van der Waals surface area contributed by atoms with Gasteiger partial charge in [0.2, 0.25) is 0 Å². The first-order valence-corrected chi connectivity index (χ1v) is 8.26. The van der Waals surface area contributed by atoms with Crippen LogP contribution in [0.2, 0.25) is 0 Å². The van der Waals surface area contributed by atoms with Gasteiger partial charge >= 0.3 is 0 Å². The highest BCUT2D eigenvalue weighted by atomic mass is 35.7.